The van der Waals surface area contributed by atoms with Gasteiger partial charge in [0.25, 0.3) is 0 Å². The highest BCUT2D eigenvalue weighted by Gasteiger charge is 2.23. The zero-order valence-electron chi connectivity index (χ0n) is 11.4. The van der Waals surface area contributed by atoms with Crippen molar-refractivity contribution in [1.29, 1.82) is 0 Å². The van der Waals surface area contributed by atoms with Crippen LogP contribution in [0.25, 0.3) is 0 Å². The van der Waals surface area contributed by atoms with Gasteiger partial charge in [-0.25, -0.2) is 0 Å². The van der Waals surface area contributed by atoms with Crippen molar-refractivity contribution in [2.24, 2.45) is 5.73 Å². The van der Waals surface area contributed by atoms with Crippen molar-refractivity contribution in [2.75, 3.05) is 13.2 Å². The molecule has 0 aliphatic heterocycles. The predicted molar refractivity (Wildman–Crippen MR) is 87.0 cm³/mol. The molecule has 8 heteroatoms. The molecule has 1 rings (SSSR count). The number of phenols is 1. The average Bonchev–Trinajstić information content (AvgIpc) is 2.42. The molecule has 116 valence electrons. The van der Waals surface area contributed by atoms with Crippen molar-refractivity contribution in [1.82, 2.24) is 5.32 Å². The molecule has 0 unspecified atom stereocenters. The Labute approximate surface area is 141 Å². The molecule has 21 heavy (non-hydrogen) atoms. The minimum Gasteiger partial charge on any atom is -0.506 e. The number of benzene rings is 1. The molecule has 1 aromatic rings. The van der Waals surface area contributed by atoms with E-state index in [1.54, 1.807) is 13.0 Å². The van der Waals surface area contributed by atoms with Crippen LogP contribution in [0, 0.1) is 3.57 Å². The first-order chi connectivity index (χ1) is 9.88. The minimum atomic E-state index is -0.757. The molecular formula is C13H16ClIN2O4. The molecular weight excluding hydrogens is 411 g/mol. The van der Waals surface area contributed by atoms with Gasteiger partial charge in [0, 0.05) is 10.6 Å². The molecule has 0 aromatic heterocycles. The van der Waals surface area contributed by atoms with E-state index in [-0.39, 0.29) is 25.3 Å². The Kier molecular flexibility index (Phi) is 7.20. The van der Waals surface area contributed by atoms with Gasteiger partial charge in [-0.05, 0) is 41.6 Å². The van der Waals surface area contributed by atoms with E-state index in [1.807, 2.05) is 22.6 Å². The number of nitrogens with one attached hydrogen (secondary N) is 1. The molecule has 1 aromatic carbocycles. The van der Waals surface area contributed by atoms with E-state index in [9.17, 15) is 14.7 Å². The summed E-state index contributed by atoms with van der Waals surface area (Å²) < 4.78 is 5.39. The van der Waals surface area contributed by atoms with Crippen molar-refractivity contribution in [3.8, 4) is 5.75 Å². The van der Waals surface area contributed by atoms with E-state index in [4.69, 9.17) is 22.1 Å². The number of phenolic OH excluding ortho intramolecular Hbond substituents is 1. The van der Waals surface area contributed by atoms with E-state index in [0.29, 0.717) is 14.2 Å². The first kappa shape index (κ1) is 18.0. The lowest BCUT2D eigenvalue weighted by molar-refractivity contribution is -0.143. The van der Waals surface area contributed by atoms with Crippen LogP contribution in [0.4, 0.5) is 0 Å². The van der Waals surface area contributed by atoms with Crippen LogP contribution in [0.3, 0.4) is 0 Å². The zero-order valence-corrected chi connectivity index (χ0v) is 14.3. The number of hydrogen-bond acceptors (Lipinski definition) is 5. The zero-order chi connectivity index (χ0) is 16.0. The summed E-state index contributed by atoms with van der Waals surface area (Å²) in [7, 11) is 0. The summed E-state index contributed by atoms with van der Waals surface area (Å²) in [5.41, 5.74) is 5.62. The van der Waals surface area contributed by atoms with Gasteiger partial charge in [-0.2, -0.15) is 0 Å². The Morgan fingerprint density at radius 1 is 1.52 bits per heavy atom. The number of nitrogens with two attached hydrogens (primary N) is 1. The third-order valence-corrected chi connectivity index (χ3v) is 3.67. The van der Waals surface area contributed by atoms with Gasteiger partial charge in [-0.3, -0.25) is 9.59 Å². The summed E-state index contributed by atoms with van der Waals surface area (Å²) >= 11 is 7.88. The second-order valence-electron chi connectivity index (χ2n) is 4.16. The highest BCUT2D eigenvalue weighted by atomic mass is 127. The fourth-order valence-corrected chi connectivity index (χ4v) is 2.79. The molecule has 6 nitrogen and oxygen atoms in total. The number of halogens is 2. The third kappa shape index (κ3) is 5.33. The maximum absolute atomic E-state index is 11.7. The summed E-state index contributed by atoms with van der Waals surface area (Å²) in [4.78, 5) is 23.2. The van der Waals surface area contributed by atoms with Crippen LogP contribution in [-0.4, -0.2) is 30.1 Å². The monoisotopic (exact) mass is 426 g/mol. The van der Waals surface area contributed by atoms with Gasteiger partial charge in [0.1, 0.15) is 5.75 Å². The van der Waals surface area contributed by atoms with Crippen LogP contribution in [-0.2, 0) is 14.3 Å². The number of aromatic hydroxyl groups is 1. The lowest BCUT2D eigenvalue weighted by Crippen LogP contribution is -2.35. The molecule has 0 aliphatic rings. The molecule has 0 fully saturated rings. The van der Waals surface area contributed by atoms with Gasteiger partial charge < -0.3 is 20.9 Å². The van der Waals surface area contributed by atoms with E-state index < -0.39 is 17.9 Å². The Bertz CT molecular complexity index is 539. The molecule has 0 radical (unpaired) electrons. The van der Waals surface area contributed by atoms with Crippen LogP contribution < -0.4 is 11.1 Å². The van der Waals surface area contributed by atoms with Crippen molar-refractivity contribution in [3.05, 3.63) is 26.3 Å². The largest absolute Gasteiger partial charge is 0.506 e. The summed E-state index contributed by atoms with van der Waals surface area (Å²) in [6, 6.07) is 2.32. The fraction of sp³-hybridized carbons (Fsp3) is 0.385. The molecule has 1 amide bonds. The minimum absolute atomic E-state index is 0.0355. The number of carbonyl (C=O) groups is 2. The van der Waals surface area contributed by atoms with Gasteiger partial charge in [0.15, 0.2) is 0 Å². The third-order valence-electron chi connectivity index (χ3n) is 2.63. The predicted octanol–water partition coefficient (Wildman–Crippen LogP) is 1.72. The van der Waals surface area contributed by atoms with Gasteiger partial charge in [0.2, 0.25) is 5.91 Å². The number of hydrogen-bond donors (Lipinski definition) is 3. The number of carbonyl (C=O) groups excluding carboxylic acids is 2. The van der Waals surface area contributed by atoms with Gasteiger partial charge in [-0.1, -0.05) is 11.6 Å². The Hall–Kier alpha value is -1.06. The van der Waals surface area contributed by atoms with Crippen molar-refractivity contribution in [2.45, 2.75) is 19.4 Å². The molecule has 0 saturated heterocycles. The summed E-state index contributed by atoms with van der Waals surface area (Å²) in [5, 5.41) is 13.1. The van der Waals surface area contributed by atoms with E-state index >= 15 is 0 Å². The van der Waals surface area contributed by atoms with Crippen LogP contribution in [0.5, 0.6) is 5.75 Å². The number of rotatable bonds is 6. The normalized spacial score (nSPS) is 11.8. The highest BCUT2D eigenvalue weighted by molar-refractivity contribution is 14.1. The maximum atomic E-state index is 11.7. The molecule has 0 spiro atoms. The van der Waals surface area contributed by atoms with Crippen molar-refractivity contribution >= 4 is 46.1 Å². The molecule has 0 bridgehead atoms. The maximum Gasteiger partial charge on any atom is 0.308 e. The van der Waals surface area contributed by atoms with E-state index in [2.05, 4.69) is 5.32 Å². The fourth-order valence-electron chi connectivity index (χ4n) is 1.73. The Morgan fingerprint density at radius 2 is 2.19 bits per heavy atom. The molecule has 0 aliphatic carbocycles. The lowest BCUT2D eigenvalue weighted by atomic mass is 10.0. The Morgan fingerprint density at radius 3 is 2.76 bits per heavy atom. The first-order valence-electron chi connectivity index (χ1n) is 6.22. The summed E-state index contributed by atoms with van der Waals surface area (Å²) in [6.45, 7) is 1.69. The van der Waals surface area contributed by atoms with Crippen LogP contribution >= 0.6 is 34.2 Å². The quantitative estimate of drug-likeness (QED) is 0.475. The molecule has 1 atom stereocenters. The standard InChI is InChI=1S/C13H16ClIN2O4/c1-2-21-12(19)5-10(17-11(18)6-16)8-3-7(14)4-9(15)13(8)20/h3-4,10,20H,2,5-6,16H2,1H3,(H,17,18)/t10-/m1/s1. The lowest BCUT2D eigenvalue weighted by Gasteiger charge is -2.20. The second kappa shape index (κ2) is 8.40. The van der Waals surface area contributed by atoms with Crippen molar-refractivity contribution < 1.29 is 19.4 Å². The second-order valence-corrected chi connectivity index (χ2v) is 5.76. The molecule has 0 saturated carbocycles. The van der Waals surface area contributed by atoms with Crippen LogP contribution in [0.1, 0.15) is 24.9 Å². The SMILES string of the molecule is CCOC(=O)C[C@@H](NC(=O)CN)c1cc(Cl)cc(I)c1O. The highest BCUT2D eigenvalue weighted by Crippen LogP contribution is 2.34. The van der Waals surface area contributed by atoms with Crippen LogP contribution in [0.2, 0.25) is 5.02 Å². The topological polar surface area (TPSA) is 102 Å². The number of amides is 1. The Balaban J connectivity index is 3.10. The smallest absolute Gasteiger partial charge is 0.308 e. The van der Waals surface area contributed by atoms with Crippen LogP contribution in [0.15, 0.2) is 12.1 Å². The number of esters is 1. The van der Waals surface area contributed by atoms with E-state index in [1.165, 1.54) is 6.07 Å². The molecule has 0 heterocycles. The van der Waals surface area contributed by atoms with Gasteiger partial charge >= 0.3 is 5.97 Å². The average molecular weight is 427 g/mol. The summed E-state index contributed by atoms with van der Waals surface area (Å²) in [6.07, 6.45) is -0.121. The van der Waals surface area contributed by atoms with Gasteiger partial charge in [0.05, 0.1) is 29.2 Å². The van der Waals surface area contributed by atoms with Crippen molar-refractivity contribution in [3.63, 3.8) is 0 Å². The van der Waals surface area contributed by atoms with Gasteiger partial charge in [-0.15, -0.1) is 0 Å². The number of ether oxygens (including phenoxy) is 1. The van der Waals surface area contributed by atoms with E-state index in [0.717, 1.165) is 0 Å². The first-order valence-corrected chi connectivity index (χ1v) is 7.67. The summed E-state index contributed by atoms with van der Waals surface area (Å²) in [5.74, 6) is -0.973. The molecule has 4 N–H and O–H groups in total.